The third-order valence-corrected chi connectivity index (χ3v) is 3.04. The van der Waals surface area contributed by atoms with Crippen LogP contribution in [0, 0.1) is 0 Å². The van der Waals surface area contributed by atoms with Crippen molar-refractivity contribution >= 4 is 12.3 Å². The third kappa shape index (κ3) is 6.04. The molecule has 0 atom stereocenters. The average molecular weight is 262 g/mol. The van der Waals surface area contributed by atoms with Crippen LogP contribution in [0.3, 0.4) is 0 Å². The molecule has 0 saturated heterocycles. The second-order valence-electron chi connectivity index (χ2n) is 4.38. The van der Waals surface area contributed by atoms with Crippen molar-refractivity contribution in [2.45, 2.75) is 26.2 Å². The second kappa shape index (κ2) is 9.14. The standard InChI is InChI=1S/C15H22N2O2/c1-2-17(12-11-16-13-18)15(19)10-6-9-14-7-4-3-5-8-14/h3-5,7-8,13H,2,6,9-12H2,1H3,(H,16,18). The van der Waals surface area contributed by atoms with Crippen LogP contribution in [0.15, 0.2) is 30.3 Å². The van der Waals surface area contributed by atoms with Gasteiger partial charge in [-0.3, -0.25) is 9.59 Å². The molecule has 0 aliphatic heterocycles. The molecule has 4 nitrogen and oxygen atoms in total. The maximum atomic E-state index is 12.0. The van der Waals surface area contributed by atoms with E-state index in [0.29, 0.717) is 32.5 Å². The summed E-state index contributed by atoms with van der Waals surface area (Å²) in [6.45, 7) is 3.74. The molecular formula is C15H22N2O2. The first kappa shape index (κ1) is 15.2. The van der Waals surface area contributed by atoms with Crippen LogP contribution in [0.4, 0.5) is 0 Å². The number of likely N-dealkylation sites (N-methyl/N-ethyl adjacent to an activating group) is 1. The molecule has 1 aromatic carbocycles. The highest BCUT2D eigenvalue weighted by molar-refractivity contribution is 5.76. The van der Waals surface area contributed by atoms with Gasteiger partial charge in [0.05, 0.1) is 0 Å². The van der Waals surface area contributed by atoms with Gasteiger partial charge in [0.2, 0.25) is 12.3 Å². The molecule has 0 unspecified atom stereocenters. The Bertz CT molecular complexity index is 379. The molecular weight excluding hydrogens is 240 g/mol. The van der Waals surface area contributed by atoms with Gasteiger partial charge in [-0.2, -0.15) is 0 Å². The van der Waals surface area contributed by atoms with E-state index >= 15 is 0 Å². The van der Waals surface area contributed by atoms with E-state index in [4.69, 9.17) is 0 Å². The lowest BCUT2D eigenvalue weighted by Crippen LogP contribution is -2.36. The summed E-state index contributed by atoms with van der Waals surface area (Å²) in [7, 11) is 0. The molecule has 0 aliphatic carbocycles. The molecule has 0 saturated carbocycles. The number of benzene rings is 1. The van der Waals surface area contributed by atoms with Gasteiger partial charge in [0, 0.05) is 26.1 Å². The Hall–Kier alpha value is -1.84. The Labute approximate surface area is 114 Å². The normalized spacial score (nSPS) is 9.95. The molecule has 1 rings (SSSR count). The van der Waals surface area contributed by atoms with Crippen LogP contribution in [0.25, 0.3) is 0 Å². The van der Waals surface area contributed by atoms with Gasteiger partial charge in [0.15, 0.2) is 0 Å². The molecule has 0 aliphatic rings. The summed E-state index contributed by atoms with van der Waals surface area (Å²) < 4.78 is 0. The van der Waals surface area contributed by atoms with Crippen LogP contribution >= 0.6 is 0 Å². The molecule has 19 heavy (non-hydrogen) atoms. The Morgan fingerprint density at radius 2 is 2.05 bits per heavy atom. The summed E-state index contributed by atoms with van der Waals surface area (Å²) in [5.74, 6) is 0.158. The van der Waals surface area contributed by atoms with E-state index in [9.17, 15) is 9.59 Å². The fourth-order valence-corrected chi connectivity index (χ4v) is 1.96. The predicted octanol–water partition coefficient (Wildman–Crippen LogP) is 1.60. The minimum atomic E-state index is 0.158. The van der Waals surface area contributed by atoms with Crippen LogP contribution in [0.1, 0.15) is 25.3 Å². The molecule has 0 fully saturated rings. The van der Waals surface area contributed by atoms with Gasteiger partial charge in [0.1, 0.15) is 0 Å². The number of amides is 2. The highest BCUT2D eigenvalue weighted by Gasteiger charge is 2.10. The predicted molar refractivity (Wildman–Crippen MR) is 75.7 cm³/mol. The van der Waals surface area contributed by atoms with Crippen molar-refractivity contribution < 1.29 is 9.59 Å². The van der Waals surface area contributed by atoms with E-state index in [1.54, 1.807) is 4.90 Å². The minimum absolute atomic E-state index is 0.158. The number of hydrogen-bond donors (Lipinski definition) is 1. The Morgan fingerprint density at radius 1 is 1.32 bits per heavy atom. The van der Waals surface area contributed by atoms with E-state index in [2.05, 4.69) is 17.4 Å². The fraction of sp³-hybridized carbons (Fsp3) is 0.467. The van der Waals surface area contributed by atoms with Crippen molar-refractivity contribution in [3.63, 3.8) is 0 Å². The first-order chi connectivity index (χ1) is 9.27. The summed E-state index contributed by atoms with van der Waals surface area (Å²) in [4.78, 5) is 23.9. The smallest absolute Gasteiger partial charge is 0.222 e. The van der Waals surface area contributed by atoms with Gasteiger partial charge in [-0.1, -0.05) is 30.3 Å². The van der Waals surface area contributed by atoms with E-state index in [0.717, 1.165) is 12.8 Å². The molecule has 2 amide bonds. The van der Waals surface area contributed by atoms with Gasteiger partial charge < -0.3 is 10.2 Å². The lowest BCUT2D eigenvalue weighted by Gasteiger charge is -2.20. The zero-order valence-corrected chi connectivity index (χ0v) is 11.5. The fourth-order valence-electron chi connectivity index (χ4n) is 1.96. The number of carbonyl (C=O) groups excluding carboxylic acids is 2. The zero-order chi connectivity index (χ0) is 13.9. The number of aryl methyl sites for hydroxylation is 1. The van der Waals surface area contributed by atoms with Gasteiger partial charge in [-0.25, -0.2) is 0 Å². The van der Waals surface area contributed by atoms with Gasteiger partial charge >= 0.3 is 0 Å². The first-order valence-electron chi connectivity index (χ1n) is 6.76. The summed E-state index contributed by atoms with van der Waals surface area (Å²) in [6.07, 6.45) is 3.01. The summed E-state index contributed by atoms with van der Waals surface area (Å²) in [5.41, 5.74) is 1.26. The molecule has 104 valence electrons. The summed E-state index contributed by atoms with van der Waals surface area (Å²) in [5, 5.41) is 2.58. The Morgan fingerprint density at radius 3 is 2.68 bits per heavy atom. The van der Waals surface area contributed by atoms with E-state index in [1.807, 2.05) is 25.1 Å². The minimum Gasteiger partial charge on any atom is -0.357 e. The molecule has 0 aromatic heterocycles. The van der Waals surface area contributed by atoms with Crippen LogP contribution in [-0.4, -0.2) is 36.9 Å². The maximum Gasteiger partial charge on any atom is 0.222 e. The van der Waals surface area contributed by atoms with Gasteiger partial charge in [-0.15, -0.1) is 0 Å². The van der Waals surface area contributed by atoms with E-state index < -0.39 is 0 Å². The number of nitrogens with one attached hydrogen (secondary N) is 1. The first-order valence-corrected chi connectivity index (χ1v) is 6.76. The average Bonchev–Trinajstić information content (AvgIpc) is 2.44. The lowest BCUT2D eigenvalue weighted by molar-refractivity contribution is -0.131. The maximum absolute atomic E-state index is 12.0. The highest BCUT2D eigenvalue weighted by Crippen LogP contribution is 2.06. The highest BCUT2D eigenvalue weighted by atomic mass is 16.2. The van der Waals surface area contributed by atoms with E-state index in [-0.39, 0.29) is 5.91 Å². The molecule has 0 heterocycles. The van der Waals surface area contributed by atoms with Crippen molar-refractivity contribution in [1.29, 1.82) is 0 Å². The number of nitrogens with zero attached hydrogens (tertiary/aromatic N) is 1. The molecule has 4 heteroatoms. The van der Waals surface area contributed by atoms with Gasteiger partial charge in [-0.05, 0) is 25.3 Å². The SMILES string of the molecule is CCN(CCNC=O)C(=O)CCCc1ccccc1. The zero-order valence-electron chi connectivity index (χ0n) is 11.5. The van der Waals surface area contributed by atoms with Crippen LogP contribution < -0.4 is 5.32 Å². The number of carbonyl (C=O) groups is 2. The summed E-state index contributed by atoms with van der Waals surface area (Å²) in [6, 6.07) is 10.2. The van der Waals surface area contributed by atoms with E-state index in [1.165, 1.54) is 5.56 Å². The quantitative estimate of drug-likeness (QED) is 0.543. The van der Waals surface area contributed by atoms with Crippen LogP contribution in [-0.2, 0) is 16.0 Å². The molecule has 0 spiro atoms. The Kier molecular flexibility index (Phi) is 7.32. The molecule has 0 radical (unpaired) electrons. The molecule has 0 bridgehead atoms. The van der Waals surface area contributed by atoms with Gasteiger partial charge in [0.25, 0.3) is 0 Å². The molecule has 1 N–H and O–H groups in total. The second-order valence-corrected chi connectivity index (χ2v) is 4.38. The summed E-state index contributed by atoms with van der Waals surface area (Å²) >= 11 is 0. The van der Waals surface area contributed by atoms with Crippen molar-refractivity contribution in [1.82, 2.24) is 10.2 Å². The largest absolute Gasteiger partial charge is 0.357 e. The van der Waals surface area contributed by atoms with Crippen LogP contribution in [0.2, 0.25) is 0 Å². The number of hydrogen-bond acceptors (Lipinski definition) is 2. The third-order valence-electron chi connectivity index (χ3n) is 3.04. The monoisotopic (exact) mass is 262 g/mol. The van der Waals surface area contributed by atoms with Crippen molar-refractivity contribution in [3.05, 3.63) is 35.9 Å². The molecule has 1 aromatic rings. The number of rotatable bonds is 9. The lowest BCUT2D eigenvalue weighted by atomic mass is 10.1. The van der Waals surface area contributed by atoms with Crippen LogP contribution in [0.5, 0.6) is 0 Å². The topological polar surface area (TPSA) is 49.4 Å². The Balaban J connectivity index is 2.26. The van der Waals surface area contributed by atoms with Crippen molar-refractivity contribution in [2.24, 2.45) is 0 Å². The van der Waals surface area contributed by atoms with Crippen molar-refractivity contribution in [3.8, 4) is 0 Å². The van der Waals surface area contributed by atoms with Crippen molar-refractivity contribution in [2.75, 3.05) is 19.6 Å².